The van der Waals surface area contributed by atoms with Crippen molar-refractivity contribution in [1.29, 1.82) is 0 Å². The van der Waals surface area contributed by atoms with Crippen molar-refractivity contribution in [2.24, 2.45) is 10.7 Å². The van der Waals surface area contributed by atoms with Crippen LogP contribution in [0.3, 0.4) is 0 Å². The average Bonchev–Trinajstić information content (AvgIpc) is 2.34. The Morgan fingerprint density at radius 1 is 1.47 bits per heavy atom. The van der Waals surface area contributed by atoms with Crippen molar-refractivity contribution in [3.05, 3.63) is 41.5 Å². The smallest absolute Gasteiger partial charge is 0.165 e. The lowest BCUT2D eigenvalue weighted by molar-refractivity contribution is 0.373. The quantitative estimate of drug-likeness (QED) is 0.812. The van der Waals surface area contributed by atoms with Gasteiger partial charge in [-0.15, -0.1) is 0 Å². The number of ether oxygens (including phenoxy) is 1. The van der Waals surface area contributed by atoms with Crippen LogP contribution in [0.2, 0.25) is 0 Å². The minimum Gasteiger partial charge on any atom is -0.504 e. The number of allylic oxidation sites excluding steroid dienone is 1. The van der Waals surface area contributed by atoms with Gasteiger partial charge in [0, 0.05) is 11.8 Å². The fourth-order valence-electron chi connectivity index (χ4n) is 1.61. The molecule has 1 atom stereocenters. The molecular formula is C13H14N2O2. The summed E-state index contributed by atoms with van der Waals surface area (Å²) in [5.41, 5.74) is 7.32. The highest BCUT2D eigenvalue weighted by Crippen LogP contribution is 2.31. The molecule has 1 unspecified atom stereocenters. The number of hydrogen-bond acceptors (Lipinski definition) is 4. The Morgan fingerprint density at radius 3 is 3.00 bits per heavy atom. The van der Waals surface area contributed by atoms with Gasteiger partial charge in [-0.05, 0) is 23.8 Å². The molecule has 0 aliphatic carbocycles. The number of hydrogen-bond donors (Lipinski definition) is 2. The summed E-state index contributed by atoms with van der Waals surface area (Å²) in [7, 11) is 1.52. The molecule has 1 aliphatic heterocycles. The second-order valence-corrected chi connectivity index (χ2v) is 3.64. The highest BCUT2D eigenvalue weighted by atomic mass is 16.5. The number of nitrogens with zero attached hydrogens (tertiary/aromatic N) is 1. The molecule has 17 heavy (non-hydrogen) atoms. The number of phenolic OH excluding ortho intramolecular Hbond substituents is 1. The van der Waals surface area contributed by atoms with Crippen LogP contribution in [-0.2, 0) is 0 Å². The summed E-state index contributed by atoms with van der Waals surface area (Å²) in [6.07, 6.45) is 6.76. The number of para-hydroxylation sites is 1. The van der Waals surface area contributed by atoms with E-state index in [4.69, 9.17) is 10.5 Å². The lowest BCUT2D eigenvalue weighted by Gasteiger charge is -2.12. The number of dihydropyridines is 1. The molecule has 0 fully saturated rings. The molecular weight excluding hydrogens is 216 g/mol. The molecule has 4 nitrogen and oxygen atoms in total. The molecule has 0 aromatic heterocycles. The summed E-state index contributed by atoms with van der Waals surface area (Å²) in [6, 6.07) is 5.31. The Bertz CT molecular complexity index is 504. The van der Waals surface area contributed by atoms with Crippen LogP contribution in [0.4, 0.5) is 0 Å². The van der Waals surface area contributed by atoms with Crippen LogP contribution in [0.1, 0.15) is 5.56 Å². The molecule has 0 spiro atoms. The largest absolute Gasteiger partial charge is 0.504 e. The monoisotopic (exact) mass is 230 g/mol. The molecule has 88 valence electrons. The van der Waals surface area contributed by atoms with Gasteiger partial charge in [0.2, 0.25) is 0 Å². The van der Waals surface area contributed by atoms with Crippen molar-refractivity contribution in [3.63, 3.8) is 0 Å². The first-order valence-corrected chi connectivity index (χ1v) is 5.25. The van der Waals surface area contributed by atoms with Gasteiger partial charge in [0.05, 0.1) is 7.11 Å². The van der Waals surface area contributed by atoms with E-state index in [2.05, 4.69) is 4.99 Å². The van der Waals surface area contributed by atoms with Crippen LogP contribution < -0.4 is 10.5 Å². The molecule has 0 radical (unpaired) electrons. The normalized spacial score (nSPS) is 20.8. The maximum Gasteiger partial charge on any atom is 0.165 e. The van der Waals surface area contributed by atoms with Gasteiger partial charge < -0.3 is 15.6 Å². The van der Waals surface area contributed by atoms with Crippen molar-refractivity contribution in [1.82, 2.24) is 0 Å². The topological polar surface area (TPSA) is 67.8 Å². The van der Waals surface area contributed by atoms with Gasteiger partial charge in [-0.25, -0.2) is 0 Å². The fraction of sp³-hybridized carbons (Fsp3) is 0.154. The molecule has 4 heteroatoms. The van der Waals surface area contributed by atoms with E-state index in [0.29, 0.717) is 11.3 Å². The lowest BCUT2D eigenvalue weighted by atomic mass is 10.1. The minimum atomic E-state index is -0.384. The summed E-state index contributed by atoms with van der Waals surface area (Å²) in [5.74, 6) is 0.550. The van der Waals surface area contributed by atoms with E-state index in [-0.39, 0.29) is 11.9 Å². The average molecular weight is 230 g/mol. The maximum atomic E-state index is 9.93. The van der Waals surface area contributed by atoms with Gasteiger partial charge in [0.1, 0.15) is 6.17 Å². The minimum absolute atomic E-state index is 0.109. The van der Waals surface area contributed by atoms with Crippen molar-refractivity contribution in [3.8, 4) is 11.5 Å². The zero-order valence-corrected chi connectivity index (χ0v) is 9.50. The van der Waals surface area contributed by atoms with Gasteiger partial charge in [0.25, 0.3) is 0 Å². The first-order valence-electron chi connectivity index (χ1n) is 5.25. The van der Waals surface area contributed by atoms with E-state index < -0.39 is 0 Å². The van der Waals surface area contributed by atoms with E-state index in [9.17, 15) is 5.11 Å². The van der Waals surface area contributed by atoms with Crippen LogP contribution in [-0.4, -0.2) is 24.6 Å². The molecule has 0 saturated heterocycles. The first kappa shape index (κ1) is 11.4. The van der Waals surface area contributed by atoms with E-state index in [1.165, 1.54) is 7.11 Å². The van der Waals surface area contributed by atoms with Crippen molar-refractivity contribution >= 4 is 12.3 Å². The molecule has 1 heterocycles. The number of aromatic hydroxyl groups is 1. The van der Waals surface area contributed by atoms with Gasteiger partial charge in [-0.2, -0.15) is 0 Å². The van der Waals surface area contributed by atoms with Gasteiger partial charge in [-0.1, -0.05) is 18.2 Å². The third-order valence-corrected chi connectivity index (χ3v) is 2.54. The zero-order valence-electron chi connectivity index (χ0n) is 9.50. The molecule has 1 aromatic rings. The molecule has 0 amide bonds. The van der Waals surface area contributed by atoms with Gasteiger partial charge in [-0.3, -0.25) is 4.99 Å². The van der Waals surface area contributed by atoms with Crippen LogP contribution >= 0.6 is 0 Å². The Morgan fingerprint density at radius 2 is 2.29 bits per heavy atom. The molecule has 3 N–H and O–H groups in total. The lowest BCUT2D eigenvalue weighted by Crippen LogP contribution is -2.20. The van der Waals surface area contributed by atoms with Gasteiger partial charge >= 0.3 is 0 Å². The number of phenols is 1. The van der Waals surface area contributed by atoms with Crippen molar-refractivity contribution < 1.29 is 9.84 Å². The number of nitrogens with two attached hydrogens (primary N) is 1. The number of rotatable bonds is 2. The number of methoxy groups -OCH3 is 1. The second kappa shape index (κ2) is 4.84. The van der Waals surface area contributed by atoms with Crippen LogP contribution in [0.15, 0.2) is 40.9 Å². The predicted octanol–water partition coefficient (Wildman–Crippen LogP) is 1.71. The Labute approximate surface area is 99.7 Å². The molecule has 0 bridgehead atoms. The first-order chi connectivity index (χ1) is 8.22. The SMILES string of the molecule is COc1cccc(C=C2C=CC=NC2N)c1O. The third kappa shape index (κ3) is 2.37. The van der Waals surface area contributed by atoms with E-state index in [0.717, 1.165) is 5.57 Å². The molecule has 1 aromatic carbocycles. The standard InChI is InChI=1S/C13H14N2O2/c1-17-11-6-2-4-9(12(11)16)8-10-5-3-7-15-13(10)14/h2-8,13,16H,14H2,1H3. The van der Waals surface area contributed by atoms with E-state index in [1.54, 1.807) is 24.4 Å². The zero-order chi connectivity index (χ0) is 12.3. The highest BCUT2D eigenvalue weighted by molar-refractivity contribution is 5.77. The summed E-state index contributed by atoms with van der Waals surface area (Å²) >= 11 is 0. The summed E-state index contributed by atoms with van der Waals surface area (Å²) in [5, 5.41) is 9.93. The number of benzene rings is 1. The summed E-state index contributed by atoms with van der Waals surface area (Å²) in [6.45, 7) is 0. The highest BCUT2D eigenvalue weighted by Gasteiger charge is 2.10. The van der Waals surface area contributed by atoms with Gasteiger partial charge in [0.15, 0.2) is 11.5 Å². The third-order valence-electron chi connectivity index (χ3n) is 2.54. The Hall–Kier alpha value is -2.07. The summed E-state index contributed by atoms with van der Waals surface area (Å²) < 4.78 is 5.04. The number of aliphatic imine (C=N–C) groups is 1. The Kier molecular flexibility index (Phi) is 3.25. The van der Waals surface area contributed by atoms with Crippen molar-refractivity contribution in [2.45, 2.75) is 6.17 Å². The van der Waals surface area contributed by atoms with E-state index in [1.807, 2.05) is 18.2 Å². The maximum absolute atomic E-state index is 9.93. The Balaban J connectivity index is 2.39. The van der Waals surface area contributed by atoms with Crippen molar-refractivity contribution in [2.75, 3.05) is 7.11 Å². The molecule has 1 aliphatic rings. The van der Waals surface area contributed by atoms with Crippen LogP contribution in [0.5, 0.6) is 11.5 Å². The molecule has 0 saturated carbocycles. The fourth-order valence-corrected chi connectivity index (χ4v) is 1.61. The summed E-state index contributed by atoms with van der Waals surface area (Å²) in [4.78, 5) is 4.06. The van der Waals surface area contributed by atoms with Crippen LogP contribution in [0, 0.1) is 0 Å². The molecule has 2 rings (SSSR count). The second-order valence-electron chi connectivity index (χ2n) is 3.64. The predicted molar refractivity (Wildman–Crippen MR) is 68.2 cm³/mol. The van der Waals surface area contributed by atoms with Crippen LogP contribution in [0.25, 0.3) is 6.08 Å². The van der Waals surface area contributed by atoms with E-state index >= 15 is 0 Å².